The zero-order valence-corrected chi connectivity index (χ0v) is 12.8. The first-order valence-electron chi connectivity index (χ1n) is 6.19. The normalized spacial score (nSPS) is 20.2. The van der Waals surface area contributed by atoms with Gasteiger partial charge in [0.15, 0.2) is 6.10 Å². The molecular formula is C12H15ClN2O5S. The van der Waals surface area contributed by atoms with E-state index in [9.17, 15) is 13.2 Å². The number of hydrogen-bond donors (Lipinski definition) is 1. The van der Waals surface area contributed by atoms with Crippen LogP contribution in [-0.2, 0) is 19.6 Å². The van der Waals surface area contributed by atoms with Crippen LogP contribution in [0.4, 0.5) is 0 Å². The molecule has 0 aromatic heterocycles. The Labute approximate surface area is 127 Å². The number of aryl methyl sites for hydroxylation is 1. The van der Waals surface area contributed by atoms with Crippen LogP contribution in [-0.4, -0.2) is 54.2 Å². The van der Waals surface area contributed by atoms with E-state index >= 15 is 0 Å². The van der Waals surface area contributed by atoms with Crippen LogP contribution in [0.25, 0.3) is 0 Å². The zero-order chi connectivity index (χ0) is 15.6. The molecule has 0 spiro atoms. The van der Waals surface area contributed by atoms with Crippen molar-refractivity contribution in [2.75, 3.05) is 19.7 Å². The highest BCUT2D eigenvalue weighted by Gasteiger charge is 2.35. The van der Waals surface area contributed by atoms with E-state index < -0.39 is 22.0 Å². The Morgan fingerprint density at radius 1 is 1.43 bits per heavy atom. The number of hydrogen-bond acceptors (Lipinski definition) is 5. The number of amides is 1. The van der Waals surface area contributed by atoms with Crippen molar-refractivity contribution < 1.29 is 23.2 Å². The Morgan fingerprint density at radius 2 is 2.05 bits per heavy atom. The van der Waals surface area contributed by atoms with Gasteiger partial charge in [-0.25, -0.2) is 8.42 Å². The molecule has 7 nitrogen and oxygen atoms in total. The molecule has 1 atom stereocenters. The summed E-state index contributed by atoms with van der Waals surface area (Å²) in [6.07, 6.45) is -1.12. The number of carbonyl (C=O) groups excluding carboxylic acids is 1. The standard InChI is InChI=1S/C12H15ClN2O5S/c1-9-2-4-10(5-3-9)21(18,19)14-6-7-20-11(8-14)12(16)15(13)17/h2-5,11,17H,6-8H2,1H3/t11-/m1/s1. The van der Waals surface area contributed by atoms with E-state index in [1.807, 2.05) is 6.92 Å². The minimum absolute atomic E-state index is 0.0478. The molecule has 1 amide bonds. The summed E-state index contributed by atoms with van der Waals surface area (Å²) < 4.78 is 31.1. The van der Waals surface area contributed by atoms with E-state index in [1.165, 1.54) is 12.1 Å². The molecular weight excluding hydrogens is 320 g/mol. The number of sulfonamides is 1. The van der Waals surface area contributed by atoms with E-state index in [4.69, 9.17) is 21.7 Å². The second-order valence-corrected chi connectivity index (χ2v) is 6.89. The van der Waals surface area contributed by atoms with Gasteiger partial charge in [-0.3, -0.25) is 10.0 Å². The van der Waals surface area contributed by atoms with Crippen molar-refractivity contribution in [3.05, 3.63) is 29.8 Å². The lowest BCUT2D eigenvalue weighted by atomic mass is 10.2. The van der Waals surface area contributed by atoms with Gasteiger partial charge in [-0.15, -0.1) is 4.58 Å². The predicted molar refractivity (Wildman–Crippen MR) is 74.2 cm³/mol. The van der Waals surface area contributed by atoms with Gasteiger partial charge < -0.3 is 4.74 Å². The van der Waals surface area contributed by atoms with Gasteiger partial charge in [0.05, 0.1) is 11.5 Å². The highest BCUT2D eigenvalue weighted by atomic mass is 35.5. The number of benzene rings is 1. The predicted octanol–water partition coefficient (Wildman–Crippen LogP) is 0.756. The summed E-state index contributed by atoms with van der Waals surface area (Å²) in [7, 11) is -3.71. The lowest BCUT2D eigenvalue weighted by molar-refractivity contribution is -0.162. The quantitative estimate of drug-likeness (QED) is 0.501. The monoisotopic (exact) mass is 334 g/mol. The molecule has 21 heavy (non-hydrogen) atoms. The fraction of sp³-hybridized carbons (Fsp3) is 0.417. The van der Waals surface area contributed by atoms with Gasteiger partial charge in [0, 0.05) is 24.9 Å². The molecule has 0 unspecified atom stereocenters. The summed E-state index contributed by atoms with van der Waals surface area (Å²) in [6, 6.07) is 6.42. The summed E-state index contributed by atoms with van der Waals surface area (Å²) in [5.74, 6) is -0.902. The van der Waals surface area contributed by atoms with E-state index in [0.717, 1.165) is 9.87 Å². The maximum absolute atomic E-state index is 12.5. The highest BCUT2D eigenvalue weighted by Crippen LogP contribution is 2.20. The molecule has 1 aliphatic heterocycles. The van der Waals surface area contributed by atoms with Crippen LogP contribution in [0.3, 0.4) is 0 Å². The molecule has 1 saturated heterocycles. The second-order valence-electron chi connectivity index (χ2n) is 4.63. The third-order valence-electron chi connectivity index (χ3n) is 3.15. The van der Waals surface area contributed by atoms with Crippen LogP contribution in [0.1, 0.15) is 5.56 Å². The van der Waals surface area contributed by atoms with E-state index in [2.05, 4.69) is 0 Å². The van der Waals surface area contributed by atoms with Gasteiger partial charge in [-0.2, -0.15) is 4.31 Å². The summed E-state index contributed by atoms with van der Waals surface area (Å²) in [5, 5.41) is 8.91. The Kier molecular flexibility index (Phi) is 4.84. The average Bonchev–Trinajstić information content (AvgIpc) is 2.47. The van der Waals surface area contributed by atoms with E-state index in [0.29, 0.717) is 0 Å². The Balaban J connectivity index is 2.20. The van der Waals surface area contributed by atoms with Gasteiger partial charge in [0.1, 0.15) is 0 Å². The van der Waals surface area contributed by atoms with E-state index in [-0.39, 0.29) is 29.2 Å². The third kappa shape index (κ3) is 3.53. The number of morpholine rings is 1. The topological polar surface area (TPSA) is 87.2 Å². The first-order chi connectivity index (χ1) is 9.82. The number of carbonyl (C=O) groups is 1. The summed E-state index contributed by atoms with van der Waals surface area (Å²) in [6.45, 7) is 1.84. The molecule has 1 heterocycles. The fourth-order valence-electron chi connectivity index (χ4n) is 1.97. The SMILES string of the molecule is Cc1ccc(S(=O)(=O)N2CCO[C@@H](C(=O)N(O)Cl)C2)cc1. The molecule has 1 aromatic carbocycles. The van der Waals surface area contributed by atoms with Crippen molar-refractivity contribution in [2.24, 2.45) is 0 Å². The Morgan fingerprint density at radius 3 is 2.62 bits per heavy atom. The lowest BCUT2D eigenvalue weighted by Crippen LogP contribution is -2.50. The van der Waals surface area contributed by atoms with Crippen LogP contribution >= 0.6 is 11.8 Å². The molecule has 0 radical (unpaired) electrons. The van der Waals surface area contributed by atoms with Crippen LogP contribution < -0.4 is 0 Å². The van der Waals surface area contributed by atoms with E-state index in [1.54, 1.807) is 12.1 Å². The van der Waals surface area contributed by atoms with Gasteiger partial charge in [-0.1, -0.05) is 17.7 Å². The zero-order valence-electron chi connectivity index (χ0n) is 11.3. The van der Waals surface area contributed by atoms with Gasteiger partial charge in [-0.05, 0) is 19.1 Å². The van der Waals surface area contributed by atoms with Crippen molar-refractivity contribution in [2.45, 2.75) is 17.9 Å². The molecule has 0 aliphatic carbocycles. The largest absolute Gasteiger partial charge is 0.365 e. The highest BCUT2D eigenvalue weighted by molar-refractivity contribution is 7.89. The van der Waals surface area contributed by atoms with Gasteiger partial charge in [0.2, 0.25) is 10.0 Å². The minimum Gasteiger partial charge on any atom is -0.365 e. The number of halogens is 1. The van der Waals surface area contributed by atoms with Crippen molar-refractivity contribution in [3.63, 3.8) is 0 Å². The first kappa shape index (κ1) is 16.2. The smallest absolute Gasteiger partial charge is 0.291 e. The maximum Gasteiger partial charge on any atom is 0.291 e. The van der Waals surface area contributed by atoms with Crippen molar-refractivity contribution >= 4 is 27.7 Å². The van der Waals surface area contributed by atoms with Crippen LogP contribution in [0, 0.1) is 6.92 Å². The summed E-state index contributed by atoms with van der Waals surface area (Å²) in [4.78, 5) is 11.7. The minimum atomic E-state index is -3.71. The maximum atomic E-state index is 12.5. The van der Waals surface area contributed by atoms with Crippen LogP contribution in [0.15, 0.2) is 29.2 Å². The molecule has 0 bridgehead atoms. The first-order valence-corrected chi connectivity index (χ1v) is 7.97. The third-order valence-corrected chi connectivity index (χ3v) is 5.19. The lowest BCUT2D eigenvalue weighted by Gasteiger charge is -2.31. The number of ether oxygens (including phenoxy) is 1. The number of rotatable bonds is 3. The molecule has 116 valence electrons. The molecule has 1 aromatic rings. The second kappa shape index (κ2) is 6.29. The van der Waals surface area contributed by atoms with Gasteiger partial charge in [0.25, 0.3) is 5.91 Å². The molecule has 9 heteroatoms. The molecule has 2 rings (SSSR count). The number of nitrogens with zero attached hydrogens (tertiary/aromatic N) is 2. The summed E-state index contributed by atoms with van der Waals surface area (Å²) in [5.41, 5.74) is 0.946. The van der Waals surface area contributed by atoms with Crippen molar-refractivity contribution in [3.8, 4) is 0 Å². The van der Waals surface area contributed by atoms with Crippen LogP contribution in [0.5, 0.6) is 0 Å². The molecule has 1 fully saturated rings. The molecule has 1 N–H and O–H groups in total. The average molecular weight is 335 g/mol. The fourth-order valence-corrected chi connectivity index (χ4v) is 3.51. The summed E-state index contributed by atoms with van der Waals surface area (Å²) >= 11 is 5.15. The van der Waals surface area contributed by atoms with Crippen molar-refractivity contribution in [1.29, 1.82) is 0 Å². The Bertz CT molecular complexity index is 617. The molecule has 0 saturated carbocycles. The molecule has 1 aliphatic rings. The van der Waals surface area contributed by atoms with Crippen LogP contribution in [0.2, 0.25) is 0 Å². The number of hydroxylamine groups is 1. The van der Waals surface area contributed by atoms with Crippen molar-refractivity contribution in [1.82, 2.24) is 8.89 Å². The Hall–Kier alpha value is -1.19. The van der Waals surface area contributed by atoms with Gasteiger partial charge >= 0.3 is 0 Å².